The Morgan fingerprint density at radius 1 is 1.14 bits per heavy atom. The van der Waals surface area contributed by atoms with Crippen molar-refractivity contribution in [2.75, 3.05) is 0 Å². The van der Waals surface area contributed by atoms with Crippen LogP contribution in [0.2, 0.25) is 0 Å². The maximum absolute atomic E-state index is 14.1. The molecule has 2 aromatic carbocycles. The van der Waals surface area contributed by atoms with Crippen LogP contribution in [0.1, 0.15) is 45.8 Å². The SMILES string of the molecule is O=C(N[C@@H](Cc1ccc(C2CC2)c(F)c1)C(=O)O)c1cccc(C(F)(F)F)c1. The highest BCUT2D eigenvalue weighted by atomic mass is 19.4. The Labute approximate surface area is 158 Å². The fraction of sp³-hybridized carbons (Fsp3) is 0.300. The van der Waals surface area contributed by atoms with Gasteiger partial charge in [0.2, 0.25) is 0 Å². The van der Waals surface area contributed by atoms with E-state index in [0.29, 0.717) is 17.2 Å². The number of alkyl halides is 3. The van der Waals surface area contributed by atoms with Crippen molar-refractivity contribution in [3.8, 4) is 0 Å². The Hall–Kier alpha value is -2.90. The summed E-state index contributed by atoms with van der Waals surface area (Å²) in [7, 11) is 0. The van der Waals surface area contributed by atoms with Gasteiger partial charge in [0.15, 0.2) is 0 Å². The minimum absolute atomic E-state index is 0.193. The minimum atomic E-state index is -4.62. The van der Waals surface area contributed by atoms with Gasteiger partial charge in [-0.3, -0.25) is 4.79 Å². The Kier molecular flexibility index (Phi) is 5.40. The molecule has 2 N–H and O–H groups in total. The summed E-state index contributed by atoms with van der Waals surface area (Å²) >= 11 is 0. The van der Waals surface area contributed by atoms with Gasteiger partial charge in [-0.1, -0.05) is 18.2 Å². The molecule has 2 aromatic rings. The number of nitrogens with one attached hydrogen (secondary N) is 1. The number of carboxylic acid groups (broad SMARTS) is 1. The molecular formula is C20H17F4NO3. The molecule has 1 atom stereocenters. The van der Waals surface area contributed by atoms with Crippen molar-refractivity contribution in [2.24, 2.45) is 0 Å². The van der Waals surface area contributed by atoms with E-state index in [1.54, 1.807) is 12.1 Å². The van der Waals surface area contributed by atoms with Gasteiger partial charge in [-0.2, -0.15) is 13.2 Å². The Morgan fingerprint density at radius 3 is 2.43 bits per heavy atom. The zero-order valence-electron chi connectivity index (χ0n) is 14.6. The molecule has 3 rings (SSSR count). The number of hydrogen-bond acceptors (Lipinski definition) is 2. The van der Waals surface area contributed by atoms with Crippen LogP contribution >= 0.6 is 0 Å². The van der Waals surface area contributed by atoms with E-state index in [4.69, 9.17) is 0 Å². The number of carbonyl (C=O) groups is 2. The van der Waals surface area contributed by atoms with E-state index < -0.39 is 35.5 Å². The van der Waals surface area contributed by atoms with Gasteiger partial charge in [-0.05, 0) is 54.2 Å². The van der Waals surface area contributed by atoms with E-state index in [2.05, 4.69) is 5.32 Å². The molecule has 1 amide bonds. The second-order valence-electron chi connectivity index (χ2n) is 6.78. The van der Waals surface area contributed by atoms with Gasteiger partial charge in [0.05, 0.1) is 5.56 Å². The molecule has 0 saturated heterocycles. The average molecular weight is 395 g/mol. The number of hydrogen-bond donors (Lipinski definition) is 2. The lowest BCUT2D eigenvalue weighted by molar-refractivity contribution is -0.139. The van der Waals surface area contributed by atoms with Crippen molar-refractivity contribution in [2.45, 2.75) is 37.4 Å². The highest BCUT2D eigenvalue weighted by molar-refractivity contribution is 5.96. The van der Waals surface area contributed by atoms with E-state index >= 15 is 0 Å². The first-order valence-corrected chi connectivity index (χ1v) is 8.64. The topological polar surface area (TPSA) is 66.4 Å². The molecule has 0 spiro atoms. The number of aliphatic carboxylic acids is 1. The fourth-order valence-electron chi connectivity index (χ4n) is 2.94. The molecule has 1 aliphatic carbocycles. The average Bonchev–Trinajstić information content (AvgIpc) is 3.45. The molecule has 0 unspecified atom stereocenters. The molecule has 0 radical (unpaired) electrons. The molecule has 1 aliphatic rings. The third kappa shape index (κ3) is 4.68. The number of benzene rings is 2. The Balaban J connectivity index is 1.73. The van der Waals surface area contributed by atoms with E-state index in [-0.39, 0.29) is 17.9 Å². The number of carbonyl (C=O) groups excluding carboxylic acids is 1. The highest BCUT2D eigenvalue weighted by Crippen LogP contribution is 2.41. The van der Waals surface area contributed by atoms with Crippen molar-refractivity contribution < 1.29 is 32.3 Å². The summed E-state index contributed by atoms with van der Waals surface area (Å²) in [5, 5.41) is 11.5. The summed E-state index contributed by atoms with van der Waals surface area (Å²) in [6.07, 6.45) is -2.98. The van der Waals surface area contributed by atoms with Gasteiger partial charge in [-0.25, -0.2) is 9.18 Å². The molecule has 4 nitrogen and oxygen atoms in total. The van der Waals surface area contributed by atoms with Crippen LogP contribution in [0.15, 0.2) is 42.5 Å². The van der Waals surface area contributed by atoms with E-state index in [1.165, 1.54) is 6.07 Å². The number of amides is 1. The molecule has 0 aromatic heterocycles. The van der Waals surface area contributed by atoms with Crippen LogP contribution < -0.4 is 5.32 Å². The zero-order valence-corrected chi connectivity index (χ0v) is 14.6. The molecule has 148 valence electrons. The van der Waals surface area contributed by atoms with E-state index in [9.17, 15) is 32.3 Å². The predicted molar refractivity (Wildman–Crippen MR) is 92.4 cm³/mol. The zero-order chi connectivity index (χ0) is 20.5. The van der Waals surface area contributed by atoms with Gasteiger partial charge < -0.3 is 10.4 Å². The lowest BCUT2D eigenvalue weighted by Gasteiger charge is -2.16. The Morgan fingerprint density at radius 2 is 1.86 bits per heavy atom. The smallest absolute Gasteiger partial charge is 0.416 e. The summed E-state index contributed by atoms with van der Waals surface area (Å²) in [6.45, 7) is 0. The lowest BCUT2D eigenvalue weighted by atomic mass is 10.0. The first-order chi connectivity index (χ1) is 13.1. The van der Waals surface area contributed by atoms with Crippen LogP contribution in [0.5, 0.6) is 0 Å². The summed E-state index contributed by atoms with van der Waals surface area (Å²) in [6, 6.07) is 6.73. The van der Waals surface area contributed by atoms with Crippen LogP contribution in [0.25, 0.3) is 0 Å². The third-order valence-corrected chi connectivity index (χ3v) is 4.58. The summed E-state index contributed by atoms with van der Waals surface area (Å²) in [5.41, 5.74) is -0.358. The summed E-state index contributed by atoms with van der Waals surface area (Å²) < 4.78 is 52.5. The van der Waals surface area contributed by atoms with Gasteiger partial charge >= 0.3 is 12.1 Å². The van der Waals surface area contributed by atoms with Gasteiger partial charge in [0.1, 0.15) is 11.9 Å². The van der Waals surface area contributed by atoms with Crippen LogP contribution in [0, 0.1) is 5.82 Å². The van der Waals surface area contributed by atoms with Crippen molar-refractivity contribution >= 4 is 11.9 Å². The van der Waals surface area contributed by atoms with Gasteiger partial charge in [0.25, 0.3) is 5.91 Å². The van der Waals surface area contributed by atoms with Crippen LogP contribution in [-0.4, -0.2) is 23.0 Å². The van der Waals surface area contributed by atoms with Crippen molar-refractivity contribution in [1.82, 2.24) is 5.32 Å². The summed E-state index contributed by atoms with van der Waals surface area (Å²) in [5.74, 6) is -2.54. The standard InChI is InChI=1S/C20H17F4NO3/c21-16-8-11(4-7-15(16)12-5-6-12)9-17(19(27)28)25-18(26)13-2-1-3-14(10-13)20(22,23)24/h1-4,7-8,10,12,17H,5-6,9H2,(H,25,26)(H,27,28)/t17-/m0/s1. The maximum Gasteiger partial charge on any atom is 0.416 e. The number of halogens is 4. The molecule has 0 bridgehead atoms. The first-order valence-electron chi connectivity index (χ1n) is 8.64. The molecule has 1 saturated carbocycles. The quantitative estimate of drug-likeness (QED) is 0.723. The van der Waals surface area contributed by atoms with E-state index in [1.807, 2.05) is 0 Å². The lowest BCUT2D eigenvalue weighted by Crippen LogP contribution is -2.42. The molecular weight excluding hydrogens is 378 g/mol. The second-order valence-corrected chi connectivity index (χ2v) is 6.78. The molecule has 8 heteroatoms. The van der Waals surface area contributed by atoms with Crippen LogP contribution in [-0.2, 0) is 17.4 Å². The molecule has 28 heavy (non-hydrogen) atoms. The van der Waals surface area contributed by atoms with Crippen LogP contribution in [0.3, 0.4) is 0 Å². The maximum atomic E-state index is 14.1. The van der Waals surface area contributed by atoms with Crippen LogP contribution in [0.4, 0.5) is 17.6 Å². The fourth-order valence-corrected chi connectivity index (χ4v) is 2.94. The largest absolute Gasteiger partial charge is 0.480 e. The monoisotopic (exact) mass is 395 g/mol. The highest BCUT2D eigenvalue weighted by Gasteiger charge is 2.31. The third-order valence-electron chi connectivity index (χ3n) is 4.58. The Bertz CT molecular complexity index is 907. The van der Waals surface area contributed by atoms with E-state index in [0.717, 1.165) is 31.0 Å². The van der Waals surface area contributed by atoms with Crippen molar-refractivity contribution in [3.63, 3.8) is 0 Å². The summed E-state index contributed by atoms with van der Waals surface area (Å²) in [4.78, 5) is 23.7. The normalized spacial score (nSPS) is 15.1. The number of rotatable bonds is 6. The molecule has 1 fully saturated rings. The second kappa shape index (κ2) is 7.61. The van der Waals surface area contributed by atoms with Crippen molar-refractivity contribution in [1.29, 1.82) is 0 Å². The van der Waals surface area contributed by atoms with Gasteiger partial charge in [0, 0.05) is 12.0 Å². The molecule has 0 aliphatic heterocycles. The van der Waals surface area contributed by atoms with Gasteiger partial charge in [-0.15, -0.1) is 0 Å². The first kappa shape index (κ1) is 19.9. The number of carboxylic acids is 1. The predicted octanol–water partition coefficient (Wildman–Crippen LogP) is 4.15. The molecule has 0 heterocycles. The minimum Gasteiger partial charge on any atom is -0.480 e. The van der Waals surface area contributed by atoms with Crippen molar-refractivity contribution in [3.05, 3.63) is 70.5 Å².